The van der Waals surface area contributed by atoms with E-state index in [4.69, 9.17) is 11.5 Å². The van der Waals surface area contributed by atoms with Gasteiger partial charge < -0.3 is 21.7 Å². The van der Waals surface area contributed by atoms with E-state index in [0.717, 1.165) is 11.6 Å². The van der Waals surface area contributed by atoms with Crippen LogP contribution in [0.1, 0.15) is 31.8 Å². The fourth-order valence-electron chi connectivity index (χ4n) is 2.08. The average molecular weight is 286 g/mol. The van der Waals surface area contributed by atoms with Crippen molar-refractivity contribution in [2.45, 2.75) is 6.92 Å². The zero-order valence-electron chi connectivity index (χ0n) is 11.3. The van der Waals surface area contributed by atoms with Gasteiger partial charge in [-0.1, -0.05) is 6.07 Å². The Morgan fingerprint density at radius 1 is 1.05 bits per heavy atom. The molecule has 108 valence electrons. The SMILES string of the molecule is Cc1ccc(C(=O)c2c(N)cc(N)cc2C(=O)O)c(O)c1. The third-order valence-corrected chi connectivity index (χ3v) is 3.05. The van der Waals surface area contributed by atoms with E-state index in [-0.39, 0.29) is 33.8 Å². The minimum atomic E-state index is -1.32. The Morgan fingerprint density at radius 2 is 1.71 bits per heavy atom. The number of benzene rings is 2. The normalized spacial score (nSPS) is 10.3. The number of aromatic hydroxyl groups is 1. The molecular weight excluding hydrogens is 272 g/mol. The van der Waals surface area contributed by atoms with Gasteiger partial charge in [0, 0.05) is 11.4 Å². The molecule has 6 nitrogen and oxygen atoms in total. The highest BCUT2D eigenvalue weighted by atomic mass is 16.4. The third kappa shape index (κ3) is 2.64. The second kappa shape index (κ2) is 5.16. The smallest absolute Gasteiger partial charge is 0.336 e. The van der Waals surface area contributed by atoms with Crippen molar-refractivity contribution < 1.29 is 19.8 Å². The predicted molar refractivity (Wildman–Crippen MR) is 78.5 cm³/mol. The van der Waals surface area contributed by atoms with Crippen molar-refractivity contribution in [3.05, 3.63) is 52.6 Å². The molecule has 0 aliphatic heterocycles. The monoisotopic (exact) mass is 286 g/mol. The van der Waals surface area contributed by atoms with Crippen LogP contribution in [0.4, 0.5) is 11.4 Å². The summed E-state index contributed by atoms with van der Waals surface area (Å²) in [6, 6.07) is 6.96. The van der Waals surface area contributed by atoms with E-state index < -0.39 is 11.8 Å². The van der Waals surface area contributed by atoms with Gasteiger partial charge in [-0.3, -0.25) is 4.79 Å². The van der Waals surface area contributed by atoms with Crippen molar-refractivity contribution in [1.82, 2.24) is 0 Å². The molecule has 2 aromatic carbocycles. The minimum Gasteiger partial charge on any atom is -0.507 e. The molecule has 0 spiro atoms. The molecule has 0 amide bonds. The molecule has 2 rings (SSSR count). The summed E-state index contributed by atoms with van der Waals surface area (Å²) in [5.74, 6) is -2.21. The van der Waals surface area contributed by atoms with Crippen LogP contribution in [0.25, 0.3) is 0 Å². The lowest BCUT2D eigenvalue weighted by Crippen LogP contribution is -2.14. The molecule has 0 aliphatic carbocycles. The second-order valence-corrected chi connectivity index (χ2v) is 4.69. The van der Waals surface area contributed by atoms with E-state index in [1.165, 1.54) is 18.2 Å². The van der Waals surface area contributed by atoms with E-state index in [1.54, 1.807) is 13.0 Å². The molecule has 6 heteroatoms. The molecule has 0 aliphatic rings. The first kappa shape index (κ1) is 14.4. The first-order chi connectivity index (χ1) is 9.81. The predicted octanol–water partition coefficient (Wildman–Crippen LogP) is 1.79. The molecule has 0 atom stereocenters. The van der Waals surface area contributed by atoms with E-state index in [1.807, 2.05) is 0 Å². The zero-order valence-corrected chi connectivity index (χ0v) is 11.3. The van der Waals surface area contributed by atoms with Gasteiger partial charge in [-0.15, -0.1) is 0 Å². The summed E-state index contributed by atoms with van der Waals surface area (Å²) in [5, 5.41) is 19.1. The fraction of sp³-hybridized carbons (Fsp3) is 0.0667. The summed E-state index contributed by atoms with van der Waals surface area (Å²) in [6.45, 7) is 1.76. The van der Waals surface area contributed by atoms with E-state index >= 15 is 0 Å². The van der Waals surface area contributed by atoms with Crippen LogP contribution >= 0.6 is 0 Å². The quantitative estimate of drug-likeness (QED) is 0.503. The number of rotatable bonds is 3. The molecule has 0 radical (unpaired) electrons. The third-order valence-electron chi connectivity index (χ3n) is 3.05. The summed E-state index contributed by atoms with van der Waals surface area (Å²) in [5.41, 5.74) is 11.7. The van der Waals surface area contributed by atoms with Crippen molar-refractivity contribution in [2.24, 2.45) is 0 Å². The first-order valence-electron chi connectivity index (χ1n) is 6.08. The topological polar surface area (TPSA) is 127 Å². The van der Waals surface area contributed by atoms with Crippen LogP contribution in [-0.2, 0) is 0 Å². The number of phenolic OH excluding ortho intramolecular Hbond substituents is 1. The largest absolute Gasteiger partial charge is 0.507 e. The fourth-order valence-corrected chi connectivity index (χ4v) is 2.08. The Labute approximate surface area is 120 Å². The van der Waals surface area contributed by atoms with Crippen LogP contribution in [0.3, 0.4) is 0 Å². The number of carboxylic acids is 1. The number of aromatic carboxylic acids is 1. The van der Waals surface area contributed by atoms with Crippen LogP contribution in [-0.4, -0.2) is 22.0 Å². The van der Waals surface area contributed by atoms with Crippen molar-refractivity contribution in [3.63, 3.8) is 0 Å². The molecule has 0 heterocycles. The maximum absolute atomic E-state index is 12.5. The number of nitrogens with two attached hydrogens (primary N) is 2. The highest BCUT2D eigenvalue weighted by Crippen LogP contribution is 2.28. The second-order valence-electron chi connectivity index (χ2n) is 4.69. The Morgan fingerprint density at radius 3 is 2.29 bits per heavy atom. The molecule has 6 N–H and O–H groups in total. The van der Waals surface area contributed by atoms with Crippen molar-refractivity contribution >= 4 is 23.1 Å². The number of hydrogen-bond donors (Lipinski definition) is 4. The summed E-state index contributed by atoms with van der Waals surface area (Å²) in [7, 11) is 0. The van der Waals surface area contributed by atoms with Gasteiger partial charge in [0.05, 0.1) is 16.7 Å². The first-order valence-corrected chi connectivity index (χ1v) is 6.08. The summed E-state index contributed by atoms with van der Waals surface area (Å²) < 4.78 is 0. The van der Waals surface area contributed by atoms with Gasteiger partial charge in [-0.2, -0.15) is 0 Å². The maximum Gasteiger partial charge on any atom is 0.336 e. The number of phenols is 1. The molecular formula is C15H14N2O4. The molecule has 0 aromatic heterocycles. The summed E-state index contributed by atoms with van der Waals surface area (Å²) in [4.78, 5) is 23.8. The van der Waals surface area contributed by atoms with Gasteiger partial charge >= 0.3 is 5.97 Å². The Kier molecular flexibility index (Phi) is 3.54. The maximum atomic E-state index is 12.5. The van der Waals surface area contributed by atoms with E-state index in [0.29, 0.717) is 0 Å². The summed E-state index contributed by atoms with van der Waals surface area (Å²) >= 11 is 0. The molecule has 0 unspecified atom stereocenters. The Bertz CT molecular complexity index is 754. The average Bonchev–Trinajstić information content (AvgIpc) is 2.36. The number of anilines is 2. The van der Waals surface area contributed by atoms with Crippen molar-refractivity contribution in [1.29, 1.82) is 0 Å². The highest BCUT2D eigenvalue weighted by molar-refractivity contribution is 6.18. The van der Waals surface area contributed by atoms with Gasteiger partial charge in [0.25, 0.3) is 0 Å². The highest BCUT2D eigenvalue weighted by Gasteiger charge is 2.23. The number of ketones is 1. The van der Waals surface area contributed by atoms with Crippen molar-refractivity contribution in [2.75, 3.05) is 11.5 Å². The molecule has 0 fully saturated rings. The Hall–Kier alpha value is -3.02. The number of aryl methyl sites for hydroxylation is 1. The van der Waals surface area contributed by atoms with Crippen molar-refractivity contribution in [3.8, 4) is 5.75 Å². The zero-order chi connectivity index (χ0) is 15.7. The standard InChI is InChI=1S/C15H14N2O4/c1-7-2-3-9(12(18)4-7)14(19)13-10(15(20)21)5-8(16)6-11(13)17/h2-6,18H,16-17H2,1H3,(H,20,21). The number of carboxylic acid groups (broad SMARTS) is 1. The van der Waals surface area contributed by atoms with Gasteiger partial charge in [-0.25, -0.2) is 4.79 Å². The molecule has 0 bridgehead atoms. The number of nitrogen functional groups attached to an aromatic ring is 2. The van der Waals surface area contributed by atoms with Crippen LogP contribution in [0, 0.1) is 6.92 Å². The molecule has 0 saturated heterocycles. The molecule has 21 heavy (non-hydrogen) atoms. The number of carbonyl (C=O) groups excluding carboxylic acids is 1. The summed E-state index contributed by atoms with van der Waals surface area (Å²) in [6.07, 6.45) is 0. The van der Waals surface area contributed by atoms with Crippen LogP contribution in [0.5, 0.6) is 5.75 Å². The molecule has 0 saturated carbocycles. The lowest BCUT2D eigenvalue weighted by atomic mass is 9.95. The van der Waals surface area contributed by atoms with E-state index in [9.17, 15) is 19.8 Å². The molecule has 2 aromatic rings. The van der Waals surface area contributed by atoms with Gasteiger partial charge in [-0.05, 0) is 36.8 Å². The van der Waals surface area contributed by atoms with Gasteiger partial charge in [0.2, 0.25) is 0 Å². The Balaban J connectivity index is 2.66. The van der Waals surface area contributed by atoms with Gasteiger partial charge in [0.15, 0.2) is 5.78 Å². The minimum absolute atomic E-state index is 0.0143. The number of carbonyl (C=O) groups is 2. The number of hydrogen-bond acceptors (Lipinski definition) is 5. The van der Waals surface area contributed by atoms with Crippen LogP contribution in [0.2, 0.25) is 0 Å². The lowest BCUT2D eigenvalue weighted by molar-refractivity contribution is 0.0693. The van der Waals surface area contributed by atoms with E-state index in [2.05, 4.69) is 0 Å². The lowest BCUT2D eigenvalue weighted by Gasteiger charge is -2.11. The van der Waals surface area contributed by atoms with Gasteiger partial charge in [0.1, 0.15) is 5.75 Å². The van der Waals surface area contributed by atoms with Crippen LogP contribution < -0.4 is 11.5 Å². The van der Waals surface area contributed by atoms with Crippen LogP contribution in [0.15, 0.2) is 30.3 Å².